The molecule has 138 valence electrons. The lowest BCUT2D eigenvalue weighted by atomic mass is 10.0. The molecular formula is C18H20F2N4OS. The molecule has 0 aliphatic carbocycles. The van der Waals surface area contributed by atoms with E-state index in [0.717, 1.165) is 6.20 Å². The Balaban J connectivity index is 2.20. The van der Waals surface area contributed by atoms with Crippen molar-refractivity contribution >= 4 is 29.1 Å². The topological polar surface area (TPSA) is 65.8 Å². The van der Waals surface area contributed by atoms with Crippen molar-refractivity contribution in [2.24, 2.45) is 5.92 Å². The number of anilines is 1. The van der Waals surface area contributed by atoms with Crippen molar-refractivity contribution in [3.05, 3.63) is 57.5 Å². The number of pyridine rings is 2. The molecule has 0 saturated heterocycles. The van der Waals surface area contributed by atoms with Gasteiger partial charge in [-0.15, -0.1) is 3.89 Å². The molecule has 0 bridgehead atoms. The zero-order valence-corrected chi connectivity index (χ0v) is 15.6. The van der Waals surface area contributed by atoms with Gasteiger partial charge in [0.05, 0.1) is 35.2 Å². The Morgan fingerprint density at radius 2 is 2.08 bits per heavy atom. The molecule has 3 aromatic heterocycles. The van der Waals surface area contributed by atoms with E-state index in [0.29, 0.717) is 34.4 Å². The second-order valence-corrected chi connectivity index (χ2v) is 7.24. The van der Waals surface area contributed by atoms with Gasteiger partial charge in [-0.3, -0.25) is 13.8 Å². The van der Waals surface area contributed by atoms with Crippen LogP contribution in [0.5, 0.6) is 0 Å². The largest absolute Gasteiger partial charge is 0.394 e. The highest BCUT2D eigenvalue weighted by atomic mass is 32.2. The third-order valence-electron chi connectivity index (χ3n) is 4.32. The van der Waals surface area contributed by atoms with Crippen LogP contribution in [0, 0.1) is 18.7 Å². The number of hydrogen-bond acceptors (Lipinski definition) is 4. The predicted octanol–water partition coefficient (Wildman–Crippen LogP) is 3.86. The molecule has 0 aromatic carbocycles. The fourth-order valence-corrected chi connectivity index (χ4v) is 3.53. The normalized spacial score (nSPS) is 11.6. The van der Waals surface area contributed by atoms with Gasteiger partial charge in [-0.05, 0) is 37.5 Å². The Hall–Kier alpha value is -2.35. The highest BCUT2D eigenvalue weighted by Gasteiger charge is 2.19. The molecule has 0 aliphatic heterocycles. The molecule has 0 amide bonds. The maximum atomic E-state index is 14.3. The summed E-state index contributed by atoms with van der Waals surface area (Å²) in [6.07, 6.45) is 1.63. The molecule has 3 aromatic rings. The van der Waals surface area contributed by atoms with Gasteiger partial charge in [0.2, 0.25) is 0 Å². The monoisotopic (exact) mass is 378 g/mol. The standard InChI is InChI=1S/C18H20F2N4OS/c1-10(2)6-13-14(19)8-22-16-7-12(24(26-20)17(13)16)9-23-11(3)4-5-15(21)18(23)25/h4-5,7-8,10H,6,9,21H2,1-3H3. The first-order valence-electron chi connectivity index (χ1n) is 8.26. The average molecular weight is 378 g/mol. The molecule has 0 atom stereocenters. The minimum absolute atomic E-state index is 0.0199. The zero-order valence-electron chi connectivity index (χ0n) is 14.8. The molecule has 3 heterocycles. The molecule has 5 nitrogen and oxygen atoms in total. The number of nitrogens with two attached hydrogens (primary N) is 1. The van der Waals surface area contributed by atoms with Crippen molar-refractivity contribution in [2.75, 3.05) is 5.73 Å². The third kappa shape index (κ3) is 3.21. The molecule has 0 aliphatic rings. The fourth-order valence-electron chi connectivity index (χ4n) is 3.06. The van der Waals surface area contributed by atoms with Crippen LogP contribution < -0.4 is 11.3 Å². The van der Waals surface area contributed by atoms with Crippen molar-refractivity contribution in [3.8, 4) is 0 Å². The van der Waals surface area contributed by atoms with Gasteiger partial charge in [0.1, 0.15) is 5.82 Å². The predicted molar refractivity (Wildman–Crippen MR) is 101 cm³/mol. The average Bonchev–Trinajstić information content (AvgIpc) is 2.95. The first kappa shape index (κ1) is 18.4. The van der Waals surface area contributed by atoms with Crippen LogP contribution in [0.3, 0.4) is 0 Å². The van der Waals surface area contributed by atoms with Crippen molar-refractivity contribution < 1.29 is 8.28 Å². The van der Waals surface area contributed by atoms with E-state index in [1.807, 2.05) is 13.8 Å². The molecule has 0 fully saturated rings. The molecular weight excluding hydrogens is 358 g/mol. The van der Waals surface area contributed by atoms with Gasteiger partial charge in [-0.2, -0.15) is 0 Å². The molecule has 0 unspecified atom stereocenters. The number of aryl methyl sites for hydroxylation is 1. The maximum absolute atomic E-state index is 14.3. The lowest BCUT2D eigenvalue weighted by Crippen LogP contribution is -2.25. The number of aromatic nitrogens is 3. The van der Waals surface area contributed by atoms with Crippen LogP contribution in [0.25, 0.3) is 11.0 Å². The van der Waals surface area contributed by atoms with Crippen LogP contribution in [0.2, 0.25) is 0 Å². The summed E-state index contributed by atoms with van der Waals surface area (Å²) in [4.78, 5) is 16.4. The second kappa shape index (κ2) is 7.11. The summed E-state index contributed by atoms with van der Waals surface area (Å²) in [5.41, 5.74) is 8.03. The molecule has 0 radical (unpaired) electrons. The fraction of sp³-hybridized carbons (Fsp3) is 0.333. The van der Waals surface area contributed by atoms with Gasteiger partial charge in [0.25, 0.3) is 5.56 Å². The van der Waals surface area contributed by atoms with Gasteiger partial charge in [0.15, 0.2) is 12.3 Å². The van der Waals surface area contributed by atoms with Crippen LogP contribution in [0.1, 0.15) is 30.8 Å². The van der Waals surface area contributed by atoms with Crippen molar-refractivity contribution in [2.45, 2.75) is 33.7 Å². The summed E-state index contributed by atoms with van der Waals surface area (Å²) in [5, 5.41) is 0. The minimum atomic E-state index is -0.455. The molecule has 3 rings (SSSR count). The van der Waals surface area contributed by atoms with Gasteiger partial charge in [-0.25, -0.2) is 4.39 Å². The van der Waals surface area contributed by atoms with E-state index >= 15 is 0 Å². The number of halogens is 2. The van der Waals surface area contributed by atoms with E-state index in [2.05, 4.69) is 4.98 Å². The first-order chi connectivity index (χ1) is 12.3. The summed E-state index contributed by atoms with van der Waals surface area (Å²) in [5.74, 6) is -0.256. The summed E-state index contributed by atoms with van der Waals surface area (Å²) >= 11 is -0.0199. The molecule has 0 spiro atoms. The van der Waals surface area contributed by atoms with Crippen LogP contribution in [0.15, 0.2) is 29.2 Å². The highest BCUT2D eigenvalue weighted by molar-refractivity contribution is 7.93. The SMILES string of the molecule is Cc1ccc(N)c(=O)n1Cc1cc2ncc(F)c(CC(C)C)c2n1SF. The summed E-state index contributed by atoms with van der Waals surface area (Å²) in [6.45, 7) is 5.83. The zero-order chi connectivity index (χ0) is 19.0. The van der Waals surface area contributed by atoms with Crippen molar-refractivity contribution in [1.29, 1.82) is 0 Å². The summed E-state index contributed by atoms with van der Waals surface area (Å²) < 4.78 is 30.9. The first-order valence-corrected chi connectivity index (χ1v) is 8.93. The lowest BCUT2D eigenvalue weighted by molar-refractivity contribution is 0.573. The van der Waals surface area contributed by atoms with E-state index in [4.69, 9.17) is 5.73 Å². The number of nitrogens with zero attached hydrogens (tertiary/aromatic N) is 3. The van der Waals surface area contributed by atoms with Crippen LogP contribution >= 0.6 is 12.3 Å². The van der Waals surface area contributed by atoms with Gasteiger partial charge in [-0.1, -0.05) is 13.8 Å². The van der Waals surface area contributed by atoms with Crippen LogP contribution in [-0.4, -0.2) is 13.5 Å². The van der Waals surface area contributed by atoms with E-state index < -0.39 is 5.82 Å². The smallest absolute Gasteiger partial charge is 0.274 e. The van der Waals surface area contributed by atoms with Gasteiger partial charge in [0, 0.05) is 11.3 Å². The Kier molecular flexibility index (Phi) is 5.04. The number of rotatable bonds is 5. The summed E-state index contributed by atoms with van der Waals surface area (Å²) in [6, 6.07) is 4.96. The highest BCUT2D eigenvalue weighted by Crippen LogP contribution is 2.30. The molecule has 0 saturated carbocycles. The minimum Gasteiger partial charge on any atom is -0.394 e. The van der Waals surface area contributed by atoms with Gasteiger partial charge >= 0.3 is 0 Å². The second-order valence-electron chi connectivity index (χ2n) is 6.74. The number of nitrogen functional groups attached to an aromatic ring is 1. The van der Waals surface area contributed by atoms with E-state index in [9.17, 15) is 13.1 Å². The third-order valence-corrected chi connectivity index (χ3v) is 4.88. The Labute approximate surface area is 154 Å². The van der Waals surface area contributed by atoms with Crippen molar-refractivity contribution in [1.82, 2.24) is 13.5 Å². The Bertz CT molecular complexity index is 1030. The molecule has 26 heavy (non-hydrogen) atoms. The Morgan fingerprint density at radius 3 is 2.73 bits per heavy atom. The Morgan fingerprint density at radius 1 is 1.35 bits per heavy atom. The molecule has 2 N–H and O–H groups in total. The number of hydrogen-bond donors (Lipinski definition) is 1. The molecule has 8 heteroatoms. The maximum Gasteiger partial charge on any atom is 0.274 e. The van der Waals surface area contributed by atoms with Crippen LogP contribution in [0.4, 0.5) is 14.0 Å². The summed E-state index contributed by atoms with van der Waals surface area (Å²) in [7, 11) is 0. The van der Waals surface area contributed by atoms with Crippen molar-refractivity contribution in [3.63, 3.8) is 0 Å². The van der Waals surface area contributed by atoms with E-state index in [1.165, 1.54) is 8.54 Å². The van der Waals surface area contributed by atoms with Gasteiger partial charge < -0.3 is 10.3 Å². The number of fused-ring (bicyclic) bond motifs is 1. The quantitative estimate of drug-likeness (QED) is 0.732. The van der Waals surface area contributed by atoms with E-state index in [1.54, 1.807) is 25.1 Å². The lowest BCUT2D eigenvalue weighted by Gasteiger charge is -2.13. The van der Waals surface area contributed by atoms with Crippen LogP contribution in [-0.2, 0) is 13.0 Å². The van der Waals surface area contributed by atoms with E-state index in [-0.39, 0.29) is 36.0 Å².